The Labute approximate surface area is 85.3 Å². The van der Waals surface area contributed by atoms with E-state index in [1.807, 2.05) is 0 Å². The number of alkyl halides is 3. The highest BCUT2D eigenvalue weighted by Crippen LogP contribution is 2.31. The van der Waals surface area contributed by atoms with Crippen LogP contribution in [0, 0.1) is 0 Å². The molecule has 14 heavy (non-hydrogen) atoms. The standard InChI is InChI=1S/C7H5ClF3NOS/c8-5-2-1-4(12)3-6(5)14(13)7(9,10)11/h1-3H,12H2. The summed E-state index contributed by atoms with van der Waals surface area (Å²) in [5, 5.41) is -0.213. The Morgan fingerprint density at radius 1 is 1.36 bits per heavy atom. The van der Waals surface area contributed by atoms with Crippen LogP contribution in [0.3, 0.4) is 0 Å². The van der Waals surface area contributed by atoms with E-state index < -0.39 is 21.2 Å². The average Bonchev–Trinajstić information content (AvgIpc) is 2.06. The summed E-state index contributed by atoms with van der Waals surface area (Å²) < 4.78 is 47.0. The third-order valence-electron chi connectivity index (χ3n) is 1.37. The van der Waals surface area contributed by atoms with Gasteiger partial charge in [0.2, 0.25) is 0 Å². The van der Waals surface area contributed by atoms with E-state index in [9.17, 15) is 17.4 Å². The molecule has 0 aliphatic rings. The smallest absolute Gasteiger partial charge is 0.399 e. The van der Waals surface area contributed by atoms with Crippen LogP contribution in [0.4, 0.5) is 18.9 Å². The number of anilines is 1. The second-order valence-electron chi connectivity index (χ2n) is 2.40. The van der Waals surface area contributed by atoms with Gasteiger partial charge in [0.1, 0.15) is 0 Å². The molecule has 0 heterocycles. The molecule has 0 aromatic heterocycles. The molecule has 2 nitrogen and oxygen atoms in total. The first-order valence-corrected chi connectivity index (χ1v) is 4.89. The number of hydrogen-bond donors (Lipinski definition) is 1. The molecule has 0 bridgehead atoms. The molecule has 7 heteroatoms. The molecular weight excluding hydrogens is 239 g/mol. The molecule has 78 valence electrons. The minimum Gasteiger partial charge on any atom is -0.399 e. The van der Waals surface area contributed by atoms with Crippen molar-refractivity contribution in [2.75, 3.05) is 5.73 Å². The first-order valence-electron chi connectivity index (χ1n) is 3.36. The van der Waals surface area contributed by atoms with Gasteiger partial charge in [-0.1, -0.05) is 11.6 Å². The summed E-state index contributed by atoms with van der Waals surface area (Å²) in [6.45, 7) is 0. The van der Waals surface area contributed by atoms with Gasteiger partial charge < -0.3 is 5.73 Å². The average molecular weight is 244 g/mol. The van der Waals surface area contributed by atoms with E-state index in [0.29, 0.717) is 0 Å². The van der Waals surface area contributed by atoms with E-state index in [0.717, 1.165) is 6.07 Å². The van der Waals surface area contributed by atoms with Crippen LogP contribution in [0.1, 0.15) is 0 Å². The van der Waals surface area contributed by atoms with Crippen LogP contribution in [0.2, 0.25) is 5.02 Å². The fourth-order valence-corrected chi connectivity index (χ4v) is 1.85. The minimum absolute atomic E-state index is 0.0852. The molecule has 0 amide bonds. The Kier molecular flexibility index (Phi) is 3.06. The first-order chi connectivity index (χ1) is 6.32. The summed E-state index contributed by atoms with van der Waals surface area (Å²) >= 11 is 5.45. The first kappa shape index (κ1) is 11.3. The molecule has 0 radical (unpaired) electrons. The fourth-order valence-electron chi connectivity index (χ4n) is 0.787. The van der Waals surface area contributed by atoms with Crippen molar-refractivity contribution in [2.24, 2.45) is 0 Å². The third kappa shape index (κ3) is 2.39. The van der Waals surface area contributed by atoms with Crippen LogP contribution in [0.5, 0.6) is 0 Å². The third-order valence-corrected chi connectivity index (χ3v) is 2.96. The van der Waals surface area contributed by atoms with E-state index in [-0.39, 0.29) is 10.7 Å². The van der Waals surface area contributed by atoms with Crippen molar-refractivity contribution in [1.29, 1.82) is 0 Å². The fraction of sp³-hybridized carbons (Fsp3) is 0.143. The molecule has 1 rings (SSSR count). The van der Waals surface area contributed by atoms with Gasteiger partial charge in [0.25, 0.3) is 0 Å². The van der Waals surface area contributed by atoms with Crippen LogP contribution in [0.25, 0.3) is 0 Å². The van der Waals surface area contributed by atoms with E-state index in [1.54, 1.807) is 0 Å². The predicted octanol–water partition coefficient (Wildman–Crippen LogP) is 2.55. The van der Waals surface area contributed by atoms with Gasteiger partial charge in [0.15, 0.2) is 10.8 Å². The van der Waals surface area contributed by atoms with Crippen molar-refractivity contribution < 1.29 is 17.4 Å². The highest BCUT2D eigenvalue weighted by atomic mass is 35.5. The lowest BCUT2D eigenvalue weighted by molar-refractivity contribution is -0.0384. The molecule has 2 N–H and O–H groups in total. The molecule has 0 spiro atoms. The molecule has 1 unspecified atom stereocenters. The van der Waals surface area contributed by atoms with Crippen LogP contribution in [-0.2, 0) is 10.8 Å². The Hall–Kier alpha value is -0.750. The highest BCUT2D eigenvalue weighted by Gasteiger charge is 2.39. The second-order valence-corrected chi connectivity index (χ2v) is 4.25. The van der Waals surface area contributed by atoms with Crippen LogP contribution >= 0.6 is 11.6 Å². The summed E-state index contributed by atoms with van der Waals surface area (Å²) in [6, 6.07) is 3.46. The van der Waals surface area contributed by atoms with Gasteiger partial charge in [0, 0.05) is 5.69 Å². The van der Waals surface area contributed by atoms with Crippen molar-refractivity contribution >= 4 is 28.1 Å². The lowest BCUT2D eigenvalue weighted by atomic mass is 10.3. The Bertz CT molecular complexity index is 380. The van der Waals surface area contributed by atoms with Gasteiger partial charge in [0.05, 0.1) is 9.92 Å². The van der Waals surface area contributed by atoms with Crippen LogP contribution < -0.4 is 5.73 Å². The molecular formula is C7H5ClF3NOS. The number of nitrogen functional groups attached to an aromatic ring is 1. The van der Waals surface area contributed by atoms with Gasteiger partial charge in [-0.2, -0.15) is 13.2 Å². The summed E-state index contributed by atoms with van der Waals surface area (Å²) in [7, 11) is -3.13. The van der Waals surface area contributed by atoms with Crippen molar-refractivity contribution in [1.82, 2.24) is 0 Å². The molecule has 0 saturated carbocycles. The maximum absolute atomic E-state index is 12.0. The molecule has 0 aliphatic carbocycles. The predicted molar refractivity (Wildman–Crippen MR) is 48.3 cm³/mol. The number of halogens is 4. The monoisotopic (exact) mass is 243 g/mol. The summed E-state index contributed by atoms with van der Waals surface area (Å²) in [4.78, 5) is -0.515. The van der Waals surface area contributed by atoms with Crippen LogP contribution in [0.15, 0.2) is 23.1 Å². The topological polar surface area (TPSA) is 43.1 Å². The van der Waals surface area contributed by atoms with Crippen molar-refractivity contribution in [3.63, 3.8) is 0 Å². The molecule has 1 aromatic rings. The number of benzene rings is 1. The summed E-state index contributed by atoms with van der Waals surface area (Å²) in [5.41, 5.74) is 0.511. The van der Waals surface area contributed by atoms with Gasteiger partial charge in [-0.05, 0) is 18.2 Å². The largest absolute Gasteiger partial charge is 0.475 e. The van der Waals surface area contributed by atoms with Gasteiger partial charge in [-0.15, -0.1) is 0 Å². The van der Waals surface area contributed by atoms with E-state index >= 15 is 0 Å². The summed E-state index contributed by atoms with van der Waals surface area (Å²) in [5.74, 6) is 0. The van der Waals surface area contributed by atoms with Gasteiger partial charge in [-0.3, -0.25) is 0 Å². The number of nitrogens with two attached hydrogens (primary N) is 1. The zero-order valence-corrected chi connectivity index (χ0v) is 8.21. The normalized spacial score (nSPS) is 14.0. The quantitative estimate of drug-likeness (QED) is 0.771. The van der Waals surface area contributed by atoms with Gasteiger partial charge in [-0.25, -0.2) is 4.21 Å². The van der Waals surface area contributed by atoms with Crippen molar-refractivity contribution in [2.45, 2.75) is 10.4 Å². The van der Waals surface area contributed by atoms with E-state index in [2.05, 4.69) is 0 Å². The second kappa shape index (κ2) is 3.78. The van der Waals surface area contributed by atoms with Crippen molar-refractivity contribution in [3.8, 4) is 0 Å². The number of rotatable bonds is 1. The van der Waals surface area contributed by atoms with Gasteiger partial charge >= 0.3 is 5.51 Å². The van der Waals surface area contributed by atoms with Crippen molar-refractivity contribution in [3.05, 3.63) is 23.2 Å². The maximum Gasteiger partial charge on any atom is 0.475 e. The molecule has 0 fully saturated rings. The molecule has 0 aliphatic heterocycles. The van der Waals surface area contributed by atoms with E-state index in [1.165, 1.54) is 12.1 Å². The van der Waals surface area contributed by atoms with E-state index in [4.69, 9.17) is 17.3 Å². The minimum atomic E-state index is -4.82. The number of hydrogen-bond acceptors (Lipinski definition) is 2. The Morgan fingerprint density at radius 2 is 1.93 bits per heavy atom. The molecule has 0 saturated heterocycles. The van der Waals surface area contributed by atoms with Crippen LogP contribution in [-0.4, -0.2) is 9.72 Å². The molecule has 1 aromatic carbocycles. The SMILES string of the molecule is Nc1ccc(Cl)c(S(=O)C(F)(F)F)c1. The zero-order chi connectivity index (χ0) is 10.9. The Balaban J connectivity index is 3.19. The summed E-state index contributed by atoms with van der Waals surface area (Å²) in [6.07, 6.45) is 0. The zero-order valence-electron chi connectivity index (χ0n) is 6.64. The lowest BCUT2D eigenvalue weighted by Gasteiger charge is -2.08. The maximum atomic E-state index is 12.0. The lowest BCUT2D eigenvalue weighted by Crippen LogP contribution is -2.16. The molecule has 1 atom stereocenters. The Morgan fingerprint density at radius 3 is 2.43 bits per heavy atom. The highest BCUT2D eigenvalue weighted by molar-refractivity contribution is 7.86.